The van der Waals surface area contributed by atoms with E-state index in [0.717, 1.165) is 11.1 Å². The first-order valence-electron chi connectivity index (χ1n) is 7.71. The van der Waals surface area contributed by atoms with Gasteiger partial charge < -0.3 is 0 Å². The number of hydrogen-bond acceptors (Lipinski definition) is 2. The van der Waals surface area contributed by atoms with Crippen LogP contribution in [-0.2, 0) is 9.84 Å². The van der Waals surface area contributed by atoms with Gasteiger partial charge in [-0.2, -0.15) is 0 Å². The first-order chi connectivity index (χ1) is 11.6. The van der Waals surface area contributed by atoms with Gasteiger partial charge in [-0.1, -0.05) is 78.4 Å². The molecule has 0 fully saturated rings. The molecule has 0 atom stereocenters. The van der Waals surface area contributed by atoms with E-state index in [1.165, 1.54) is 0 Å². The van der Waals surface area contributed by atoms with Crippen LogP contribution in [0.15, 0.2) is 89.8 Å². The zero-order valence-electron chi connectivity index (χ0n) is 13.4. The molecule has 0 radical (unpaired) electrons. The van der Waals surface area contributed by atoms with Crippen molar-refractivity contribution in [3.8, 4) is 0 Å². The molecule has 0 bridgehead atoms. The Morgan fingerprint density at radius 1 is 0.750 bits per heavy atom. The van der Waals surface area contributed by atoms with Crippen molar-refractivity contribution in [3.05, 3.63) is 102 Å². The van der Waals surface area contributed by atoms with Crippen LogP contribution >= 0.6 is 0 Å². The largest absolute Gasteiger partial charge is 0.218 e. The third kappa shape index (κ3) is 3.47. The van der Waals surface area contributed by atoms with E-state index >= 15 is 0 Å². The van der Waals surface area contributed by atoms with Crippen LogP contribution in [0.1, 0.15) is 16.7 Å². The highest BCUT2D eigenvalue weighted by Gasteiger charge is 2.22. The van der Waals surface area contributed by atoms with Crippen LogP contribution in [0.2, 0.25) is 0 Å². The lowest BCUT2D eigenvalue weighted by Crippen LogP contribution is -2.04. The van der Waals surface area contributed by atoms with Crippen LogP contribution in [0, 0.1) is 6.92 Å². The summed E-state index contributed by atoms with van der Waals surface area (Å²) in [5.41, 5.74) is 2.57. The van der Waals surface area contributed by atoms with Gasteiger partial charge in [0.15, 0.2) is 0 Å². The summed E-state index contributed by atoms with van der Waals surface area (Å²) in [4.78, 5) is 0.609. The monoisotopic (exact) mass is 334 g/mol. The Balaban J connectivity index is 2.18. The number of hydrogen-bond donors (Lipinski definition) is 0. The predicted octanol–water partition coefficient (Wildman–Crippen LogP) is 4.97. The molecule has 0 aliphatic heterocycles. The molecule has 0 saturated carbocycles. The van der Waals surface area contributed by atoms with E-state index in [4.69, 9.17) is 0 Å². The molecular weight excluding hydrogens is 316 g/mol. The van der Waals surface area contributed by atoms with Crippen molar-refractivity contribution in [3.63, 3.8) is 0 Å². The summed E-state index contributed by atoms with van der Waals surface area (Å²) in [6.07, 6.45) is 1.73. The molecule has 0 aliphatic rings. The molecule has 3 rings (SSSR count). The van der Waals surface area contributed by atoms with Gasteiger partial charge in [0.2, 0.25) is 9.84 Å². The third-order valence-corrected chi connectivity index (χ3v) is 5.60. The standard InChI is InChI=1S/C21H18O2S/c1-17-12-14-20(15-13-17)24(22,23)21(19-10-6-3-7-11-19)16-18-8-4-2-5-9-18/h2-16H,1H3/b21-16-. The van der Waals surface area contributed by atoms with E-state index in [9.17, 15) is 8.42 Å². The van der Waals surface area contributed by atoms with E-state index in [2.05, 4.69) is 0 Å². The highest BCUT2D eigenvalue weighted by Crippen LogP contribution is 2.30. The van der Waals surface area contributed by atoms with Gasteiger partial charge in [-0.3, -0.25) is 0 Å². The quantitative estimate of drug-likeness (QED) is 0.632. The molecule has 0 saturated heterocycles. The van der Waals surface area contributed by atoms with Crippen LogP contribution in [0.3, 0.4) is 0 Å². The molecule has 120 valence electrons. The number of benzene rings is 3. The average Bonchev–Trinajstić information content (AvgIpc) is 2.61. The van der Waals surface area contributed by atoms with Crippen molar-refractivity contribution in [1.82, 2.24) is 0 Å². The van der Waals surface area contributed by atoms with Crippen molar-refractivity contribution in [2.45, 2.75) is 11.8 Å². The van der Waals surface area contributed by atoms with Gasteiger partial charge in [-0.25, -0.2) is 8.42 Å². The molecule has 24 heavy (non-hydrogen) atoms. The Bertz CT molecular complexity index is 940. The van der Waals surface area contributed by atoms with E-state index in [1.54, 1.807) is 18.2 Å². The highest BCUT2D eigenvalue weighted by atomic mass is 32.2. The molecule has 3 aromatic rings. The molecule has 0 heterocycles. The minimum absolute atomic E-state index is 0.304. The summed E-state index contributed by atoms with van der Waals surface area (Å²) in [6, 6.07) is 25.7. The molecule has 3 heteroatoms. The van der Waals surface area contributed by atoms with Crippen LogP contribution in [0.4, 0.5) is 0 Å². The second kappa shape index (κ2) is 6.85. The van der Waals surface area contributed by atoms with Crippen molar-refractivity contribution in [1.29, 1.82) is 0 Å². The van der Waals surface area contributed by atoms with Gasteiger partial charge in [0.1, 0.15) is 0 Å². The average molecular weight is 334 g/mol. The molecule has 0 N–H and O–H groups in total. The maximum absolute atomic E-state index is 13.2. The molecule has 0 aromatic heterocycles. The molecule has 3 aromatic carbocycles. The maximum atomic E-state index is 13.2. The van der Waals surface area contributed by atoms with Crippen LogP contribution in [0.25, 0.3) is 11.0 Å². The fraction of sp³-hybridized carbons (Fsp3) is 0.0476. The summed E-state index contributed by atoms with van der Waals surface area (Å²) in [7, 11) is -3.61. The lowest BCUT2D eigenvalue weighted by Gasteiger charge is -2.10. The fourth-order valence-corrected chi connectivity index (χ4v) is 3.95. The summed E-state index contributed by atoms with van der Waals surface area (Å²) in [6.45, 7) is 1.94. The van der Waals surface area contributed by atoms with Gasteiger partial charge in [0, 0.05) is 0 Å². The van der Waals surface area contributed by atoms with Gasteiger partial charge in [0.25, 0.3) is 0 Å². The predicted molar refractivity (Wildman–Crippen MR) is 99.1 cm³/mol. The minimum atomic E-state index is -3.61. The van der Waals surface area contributed by atoms with Gasteiger partial charge in [0.05, 0.1) is 9.80 Å². The molecule has 2 nitrogen and oxygen atoms in total. The molecule has 0 spiro atoms. The molecule has 0 unspecified atom stereocenters. The Morgan fingerprint density at radius 2 is 1.29 bits per heavy atom. The second-order valence-corrected chi connectivity index (χ2v) is 7.52. The summed E-state index contributed by atoms with van der Waals surface area (Å²) in [5.74, 6) is 0. The van der Waals surface area contributed by atoms with Gasteiger partial charge >= 0.3 is 0 Å². The molecule has 0 amide bonds. The van der Waals surface area contributed by atoms with E-state index in [0.29, 0.717) is 15.4 Å². The minimum Gasteiger partial charge on any atom is -0.218 e. The first kappa shape index (κ1) is 16.2. The molecule has 0 aliphatic carbocycles. The topological polar surface area (TPSA) is 34.1 Å². The lowest BCUT2D eigenvalue weighted by molar-refractivity contribution is 0.606. The molecular formula is C21H18O2S. The van der Waals surface area contributed by atoms with E-state index < -0.39 is 9.84 Å². The van der Waals surface area contributed by atoms with Crippen LogP contribution in [0.5, 0.6) is 0 Å². The van der Waals surface area contributed by atoms with Crippen molar-refractivity contribution >= 4 is 20.8 Å². The smallest absolute Gasteiger partial charge is 0.207 e. The van der Waals surface area contributed by atoms with Gasteiger partial charge in [-0.15, -0.1) is 0 Å². The zero-order valence-corrected chi connectivity index (χ0v) is 14.2. The van der Waals surface area contributed by atoms with Crippen molar-refractivity contribution in [2.75, 3.05) is 0 Å². The number of rotatable bonds is 4. The Morgan fingerprint density at radius 3 is 1.88 bits per heavy atom. The lowest BCUT2D eigenvalue weighted by atomic mass is 10.1. The SMILES string of the molecule is Cc1ccc(S(=O)(=O)/C(=C\c2ccccc2)c2ccccc2)cc1. The van der Waals surface area contributed by atoms with E-state index in [1.807, 2.05) is 79.7 Å². The maximum Gasteiger partial charge on any atom is 0.207 e. The Hall–Kier alpha value is -2.65. The van der Waals surface area contributed by atoms with Crippen molar-refractivity contribution in [2.24, 2.45) is 0 Å². The van der Waals surface area contributed by atoms with E-state index in [-0.39, 0.29) is 0 Å². The fourth-order valence-electron chi connectivity index (χ4n) is 2.46. The number of aryl methyl sites for hydroxylation is 1. The Labute approximate surface area is 143 Å². The van der Waals surface area contributed by atoms with Gasteiger partial charge in [-0.05, 0) is 36.3 Å². The Kier molecular flexibility index (Phi) is 4.63. The second-order valence-electron chi connectivity index (χ2n) is 5.60. The highest BCUT2D eigenvalue weighted by molar-refractivity contribution is 8.00. The summed E-state index contributed by atoms with van der Waals surface area (Å²) in [5, 5.41) is 0. The van der Waals surface area contributed by atoms with Crippen LogP contribution in [-0.4, -0.2) is 8.42 Å². The summed E-state index contributed by atoms with van der Waals surface area (Å²) < 4.78 is 26.4. The third-order valence-electron chi connectivity index (χ3n) is 3.78. The first-order valence-corrected chi connectivity index (χ1v) is 9.19. The zero-order chi connectivity index (χ0) is 17.0. The van der Waals surface area contributed by atoms with Crippen molar-refractivity contribution < 1.29 is 8.42 Å². The summed E-state index contributed by atoms with van der Waals surface area (Å²) >= 11 is 0. The normalized spacial score (nSPS) is 12.1. The number of sulfone groups is 1. The van der Waals surface area contributed by atoms with Crippen LogP contribution < -0.4 is 0 Å².